The van der Waals surface area contributed by atoms with E-state index in [1.807, 2.05) is 5.41 Å². The minimum absolute atomic E-state index is 0.0541. The van der Waals surface area contributed by atoms with Crippen molar-refractivity contribution < 1.29 is 13.2 Å². The lowest BCUT2D eigenvalue weighted by molar-refractivity contribution is -0.0930. The maximum Gasteiger partial charge on any atom is 0.414 e. The maximum absolute atomic E-state index is 12.1. The lowest BCUT2D eigenvalue weighted by Gasteiger charge is -2.11. The van der Waals surface area contributed by atoms with Crippen molar-refractivity contribution in [3.63, 3.8) is 0 Å². The standard InChI is InChI=1S/C7H6F3NS/c8-7(9,10)5-3-6-11(4-5)1-2-12-6/h1-2,4,6H,3H2. The first-order valence-electron chi connectivity index (χ1n) is 3.45. The average molecular weight is 193 g/mol. The van der Waals surface area contributed by atoms with Crippen LogP contribution in [0.15, 0.2) is 23.4 Å². The third kappa shape index (κ3) is 1.22. The molecule has 0 aromatic heterocycles. The lowest BCUT2D eigenvalue weighted by atomic mass is 10.2. The minimum atomic E-state index is -4.15. The van der Waals surface area contributed by atoms with Crippen LogP contribution in [0.2, 0.25) is 0 Å². The van der Waals surface area contributed by atoms with Crippen LogP contribution >= 0.6 is 11.8 Å². The van der Waals surface area contributed by atoms with Crippen LogP contribution in [0, 0.1) is 0 Å². The van der Waals surface area contributed by atoms with Crippen LogP contribution in [0.25, 0.3) is 0 Å². The molecule has 0 saturated carbocycles. The molecule has 0 radical (unpaired) electrons. The van der Waals surface area contributed by atoms with Crippen LogP contribution in [0.1, 0.15) is 6.42 Å². The van der Waals surface area contributed by atoms with E-state index in [0.29, 0.717) is 0 Å². The van der Waals surface area contributed by atoms with Crippen molar-refractivity contribution in [2.24, 2.45) is 0 Å². The fourth-order valence-electron chi connectivity index (χ4n) is 1.25. The molecule has 2 rings (SSSR count). The summed E-state index contributed by atoms with van der Waals surface area (Å²) < 4.78 is 36.4. The Morgan fingerprint density at radius 3 is 2.83 bits per heavy atom. The third-order valence-electron chi connectivity index (χ3n) is 1.86. The number of nitrogens with zero attached hydrogens (tertiary/aromatic N) is 1. The zero-order valence-corrected chi connectivity index (χ0v) is 6.82. The fourth-order valence-corrected chi connectivity index (χ4v) is 2.19. The second-order valence-electron chi connectivity index (χ2n) is 2.68. The molecule has 0 aromatic rings. The van der Waals surface area contributed by atoms with E-state index in [4.69, 9.17) is 0 Å². The van der Waals surface area contributed by atoms with Crippen molar-refractivity contribution in [3.05, 3.63) is 23.4 Å². The molecule has 0 amide bonds. The summed E-state index contributed by atoms with van der Waals surface area (Å²) in [5.41, 5.74) is -0.427. The molecular formula is C7H6F3NS. The van der Waals surface area contributed by atoms with E-state index in [1.165, 1.54) is 18.0 Å². The normalized spacial score (nSPS) is 27.8. The molecular weight excluding hydrogens is 187 g/mol. The molecule has 0 bridgehead atoms. The van der Waals surface area contributed by atoms with Gasteiger partial charge >= 0.3 is 6.18 Å². The summed E-state index contributed by atoms with van der Waals surface area (Å²) in [4.78, 5) is 1.60. The number of hydrogen-bond acceptors (Lipinski definition) is 2. The van der Waals surface area contributed by atoms with E-state index >= 15 is 0 Å². The Labute approximate surface area is 71.9 Å². The molecule has 1 atom stereocenters. The minimum Gasteiger partial charge on any atom is -0.341 e. The third-order valence-corrected chi connectivity index (χ3v) is 2.87. The summed E-state index contributed by atoms with van der Waals surface area (Å²) in [5.74, 6) is 0. The monoisotopic (exact) mass is 193 g/mol. The van der Waals surface area contributed by atoms with E-state index in [9.17, 15) is 13.2 Å². The average Bonchev–Trinajstić information content (AvgIpc) is 2.37. The van der Waals surface area contributed by atoms with Crippen LogP contribution in [0.5, 0.6) is 0 Å². The predicted octanol–water partition coefficient (Wildman–Crippen LogP) is 2.68. The van der Waals surface area contributed by atoms with Gasteiger partial charge in [0.2, 0.25) is 0 Å². The second-order valence-corrected chi connectivity index (χ2v) is 3.77. The Morgan fingerprint density at radius 1 is 1.50 bits per heavy atom. The maximum atomic E-state index is 12.1. The highest BCUT2D eigenvalue weighted by Gasteiger charge is 2.40. The highest BCUT2D eigenvalue weighted by atomic mass is 32.2. The van der Waals surface area contributed by atoms with E-state index in [2.05, 4.69) is 0 Å². The van der Waals surface area contributed by atoms with E-state index in [1.54, 1.807) is 11.1 Å². The van der Waals surface area contributed by atoms with Crippen LogP contribution in [0.4, 0.5) is 13.2 Å². The van der Waals surface area contributed by atoms with Crippen LogP contribution < -0.4 is 0 Å². The molecule has 5 heteroatoms. The van der Waals surface area contributed by atoms with Crippen molar-refractivity contribution in [1.82, 2.24) is 4.90 Å². The van der Waals surface area contributed by atoms with Gasteiger partial charge < -0.3 is 4.90 Å². The number of halogens is 3. The van der Waals surface area contributed by atoms with Gasteiger partial charge in [-0.2, -0.15) is 13.2 Å². The highest BCUT2D eigenvalue weighted by Crippen LogP contribution is 2.41. The molecule has 2 aliphatic heterocycles. The zero-order chi connectivity index (χ0) is 8.77. The Morgan fingerprint density at radius 2 is 2.25 bits per heavy atom. The van der Waals surface area contributed by atoms with Gasteiger partial charge in [-0.15, -0.1) is 11.8 Å². The Kier molecular flexibility index (Phi) is 1.64. The molecule has 12 heavy (non-hydrogen) atoms. The SMILES string of the molecule is FC(F)(F)C1=CN2C=CSC2C1. The summed E-state index contributed by atoms with van der Waals surface area (Å²) in [7, 11) is 0. The zero-order valence-electron chi connectivity index (χ0n) is 6.01. The van der Waals surface area contributed by atoms with E-state index in [-0.39, 0.29) is 11.8 Å². The van der Waals surface area contributed by atoms with Crippen molar-refractivity contribution >= 4 is 11.8 Å². The van der Waals surface area contributed by atoms with Gasteiger partial charge in [-0.25, -0.2) is 0 Å². The molecule has 1 unspecified atom stereocenters. The summed E-state index contributed by atoms with van der Waals surface area (Å²) in [5, 5.41) is 1.76. The topological polar surface area (TPSA) is 3.24 Å². The molecule has 2 aliphatic rings. The van der Waals surface area contributed by atoms with Gasteiger partial charge in [0.15, 0.2) is 0 Å². The van der Waals surface area contributed by atoms with Crippen LogP contribution in [-0.4, -0.2) is 16.5 Å². The van der Waals surface area contributed by atoms with Gasteiger partial charge in [-0.3, -0.25) is 0 Å². The van der Waals surface area contributed by atoms with Crippen LogP contribution in [-0.2, 0) is 0 Å². The number of fused-ring (bicyclic) bond motifs is 1. The summed E-state index contributed by atoms with van der Waals surface area (Å²) in [6.45, 7) is 0. The molecule has 66 valence electrons. The van der Waals surface area contributed by atoms with Crippen molar-refractivity contribution in [3.8, 4) is 0 Å². The molecule has 0 saturated heterocycles. The highest BCUT2D eigenvalue weighted by molar-refractivity contribution is 8.02. The molecule has 0 aromatic carbocycles. The Bertz CT molecular complexity index is 256. The van der Waals surface area contributed by atoms with Gasteiger partial charge in [-0.05, 0) is 5.41 Å². The molecule has 0 aliphatic carbocycles. The predicted molar refractivity (Wildman–Crippen MR) is 41.1 cm³/mol. The van der Waals surface area contributed by atoms with Gasteiger partial charge in [0.25, 0.3) is 0 Å². The van der Waals surface area contributed by atoms with E-state index < -0.39 is 11.7 Å². The van der Waals surface area contributed by atoms with Gasteiger partial charge in [0.05, 0.1) is 10.9 Å². The first-order valence-corrected chi connectivity index (χ1v) is 4.39. The molecule has 0 N–H and O–H groups in total. The first kappa shape index (κ1) is 8.04. The quantitative estimate of drug-likeness (QED) is 0.582. The Hall–Kier alpha value is -0.580. The fraction of sp³-hybridized carbons (Fsp3) is 0.429. The first-order chi connectivity index (χ1) is 5.57. The number of rotatable bonds is 0. The van der Waals surface area contributed by atoms with Crippen LogP contribution in [0.3, 0.4) is 0 Å². The smallest absolute Gasteiger partial charge is 0.341 e. The summed E-state index contributed by atoms with van der Waals surface area (Å²) in [6, 6.07) is 0. The van der Waals surface area contributed by atoms with E-state index in [0.717, 1.165) is 0 Å². The van der Waals surface area contributed by atoms with Crippen molar-refractivity contribution in [2.45, 2.75) is 18.0 Å². The summed E-state index contributed by atoms with van der Waals surface area (Å²) in [6.07, 6.45) is -1.20. The molecule has 2 heterocycles. The number of hydrogen-bond donors (Lipinski definition) is 0. The number of thioether (sulfide) groups is 1. The van der Waals surface area contributed by atoms with Gasteiger partial charge in [0.1, 0.15) is 0 Å². The molecule has 1 nitrogen and oxygen atoms in total. The summed E-state index contributed by atoms with van der Waals surface area (Å²) >= 11 is 1.43. The largest absolute Gasteiger partial charge is 0.414 e. The van der Waals surface area contributed by atoms with Gasteiger partial charge in [-0.1, -0.05) is 0 Å². The molecule has 0 fully saturated rings. The van der Waals surface area contributed by atoms with Crippen molar-refractivity contribution in [2.75, 3.05) is 0 Å². The van der Waals surface area contributed by atoms with Gasteiger partial charge in [0, 0.05) is 18.8 Å². The second kappa shape index (κ2) is 2.45. The van der Waals surface area contributed by atoms with Crippen molar-refractivity contribution in [1.29, 1.82) is 0 Å². The Balaban J connectivity index is 2.17. The number of alkyl halides is 3. The molecule has 0 spiro atoms. The lowest BCUT2D eigenvalue weighted by Crippen LogP contribution is -2.13.